The Kier molecular flexibility index (Phi) is 7.68. The Morgan fingerprint density at radius 2 is 1.54 bits per heavy atom. The van der Waals surface area contributed by atoms with Crippen molar-refractivity contribution in [3.05, 3.63) is 71.8 Å². The van der Waals surface area contributed by atoms with Gasteiger partial charge < -0.3 is 14.4 Å². The zero-order valence-electron chi connectivity index (χ0n) is 15.3. The number of esters is 1. The van der Waals surface area contributed by atoms with Gasteiger partial charge in [-0.05, 0) is 18.1 Å². The number of hydrogen-bond donors (Lipinski definition) is 0. The van der Waals surface area contributed by atoms with E-state index in [1.54, 1.807) is 0 Å². The molecule has 0 aliphatic heterocycles. The first-order valence-electron chi connectivity index (χ1n) is 8.70. The van der Waals surface area contributed by atoms with Gasteiger partial charge in [-0.25, -0.2) is 4.79 Å². The fourth-order valence-corrected chi connectivity index (χ4v) is 2.48. The van der Waals surface area contributed by atoms with Crippen molar-refractivity contribution in [1.29, 1.82) is 0 Å². The highest BCUT2D eigenvalue weighted by Gasteiger charge is 2.18. The van der Waals surface area contributed by atoms with Crippen molar-refractivity contribution in [2.75, 3.05) is 20.2 Å². The van der Waals surface area contributed by atoms with Gasteiger partial charge in [-0.3, -0.25) is 4.79 Å². The van der Waals surface area contributed by atoms with Crippen LogP contribution in [0.3, 0.4) is 0 Å². The summed E-state index contributed by atoms with van der Waals surface area (Å²) in [5.41, 5.74) is 2.19. The maximum Gasteiger partial charge on any atom is 0.410 e. The molecule has 0 aliphatic rings. The van der Waals surface area contributed by atoms with E-state index >= 15 is 0 Å². The maximum absolute atomic E-state index is 12.1. The van der Waals surface area contributed by atoms with E-state index in [0.717, 1.165) is 11.1 Å². The minimum atomic E-state index is -0.534. The Morgan fingerprint density at radius 3 is 2.15 bits per heavy atom. The molecule has 0 saturated carbocycles. The molecule has 26 heavy (non-hydrogen) atoms. The van der Waals surface area contributed by atoms with E-state index in [1.165, 1.54) is 11.9 Å². The molecule has 0 fully saturated rings. The molecule has 0 aromatic heterocycles. The van der Waals surface area contributed by atoms with Gasteiger partial charge in [0.25, 0.3) is 0 Å². The third kappa shape index (κ3) is 6.97. The van der Waals surface area contributed by atoms with E-state index in [4.69, 9.17) is 9.47 Å². The van der Waals surface area contributed by atoms with Gasteiger partial charge in [0.05, 0.1) is 6.61 Å². The molecule has 1 unspecified atom stereocenters. The minimum Gasteiger partial charge on any atom is -0.464 e. The summed E-state index contributed by atoms with van der Waals surface area (Å²) in [4.78, 5) is 25.2. The standard InChI is InChI=1S/C21H25NO4/c1-17(15-19-11-7-4-8-12-19)26-21(24)22(2)16-20(23)25-14-13-18-9-5-3-6-10-18/h3-12,17H,13-16H2,1-2H3. The molecule has 0 bridgehead atoms. The smallest absolute Gasteiger partial charge is 0.410 e. The molecule has 5 heteroatoms. The van der Waals surface area contributed by atoms with E-state index < -0.39 is 12.1 Å². The molecule has 1 amide bonds. The quantitative estimate of drug-likeness (QED) is 0.681. The zero-order valence-corrected chi connectivity index (χ0v) is 15.3. The number of nitrogens with zero attached hydrogens (tertiary/aromatic N) is 1. The van der Waals surface area contributed by atoms with Crippen molar-refractivity contribution in [2.24, 2.45) is 0 Å². The van der Waals surface area contributed by atoms with Crippen LogP contribution < -0.4 is 0 Å². The summed E-state index contributed by atoms with van der Waals surface area (Å²) in [6.07, 6.45) is 0.464. The summed E-state index contributed by atoms with van der Waals surface area (Å²) < 4.78 is 10.5. The van der Waals surface area contributed by atoms with Gasteiger partial charge in [-0.15, -0.1) is 0 Å². The number of carbonyl (C=O) groups excluding carboxylic acids is 2. The molecule has 1 atom stereocenters. The summed E-state index contributed by atoms with van der Waals surface area (Å²) in [6.45, 7) is 1.98. The molecule has 2 aromatic rings. The average molecular weight is 355 g/mol. The highest BCUT2D eigenvalue weighted by molar-refractivity contribution is 5.77. The topological polar surface area (TPSA) is 55.8 Å². The Morgan fingerprint density at radius 1 is 0.962 bits per heavy atom. The molecule has 0 spiro atoms. The van der Waals surface area contributed by atoms with Crippen molar-refractivity contribution in [3.8, 4) is 0 Å². The van der Waals surface area contributed by atoms with E-state index in [-0.39, 0.29) is 19.3 Å². The van der Waals surface area contributed by atoms with Crippen molar-refractivity contribution >= 4 is 12.1 Å². The lowest BCUT2D eigenvalue weighted by molar-refractivity contribution is -0.144. The molecule has 0 saturated heterocycles. The molecule has 2 rings (SSSR count). The number of hydrogen-bond acceptors (Lipinski definition) is 4. The first-order chi connectivity index (χ1) is 12.5. The second-order valence-corrected chi connectivity index (χ2v) is 6.20. The van der Waals surface area contributed by atoms with Crippen LogP contribution in [0.2, 0.25) is 0 Å². The maximum atomic E-state index is 12.1. The molecule has 5 nitrogen and oxygen atoms in total. The molecule has 2 aromatic carbocycles. The fourth-order valence-electron chi connectivity index (χ4n) is 2.48. The second kappa shape index (κ2) is 10.2. The highest BCUT2D eigenvalue weighted by atomic mass is 16.6. The van der Waals surface area contributed by atoms with Crippen LogP contribution in [0.1, 0.15) is 18.1 Å². The largest absolute Gasteiger partial charge is 0.464 e. The van der Waals surface area contributed by atoms with Gasteiger partial charge in [0.1, 0.15) is 12.6 Å². The van der Waals surface area contributed by atoms with E-state index in [0.29, 0.717) is 12.8 Å². The van der Waals surface area contributed by atoms with Gasteiger partial charge in [0.2, 0.25) is 0 Å². The first kappa shape index (κ1) is 19.5. The minimum absolute atomic E-state index is 0.133. The fraction of sp³-hybridized carbons (Fsp3) is 0.333. The number of ether oxygens (including phenoxy) is 2. The average Bonchev–Trinajstić information content (AvgIpc) is 2.63. The predicted octanol–water partition coefficient (Wildman–Crippen LogP) is 3.47. The summed E-state index contributed by atoms with van der Waals surface area (Å²) >= 11 is 0. The predicted molar refractivity (Wildman–Crippen MR) is 99.8 cm³/mol. The van der Waals surface area contributed by atoms with Gasteiger partial charge in [-0.1, -0.05) is 60.7 Å². The van der Waals surface area contributed by atoms with Crippen LogP contribution in [0.4, 0.5) is 4.79 Å². The lowest BCUT2D eigenvalue weighted by atomic mass is 10.1. The molecular weight excluding hydrogens is 330 g/mol. The lowest BCUT2D eigenvalue weighted by Gasteiger charge is -2.20. The molecule has 0 radical (unpaired) electrons. The van der Waals surface area contributed by atoms with Crippen molar-refractivity contribution in [2.45, 2.75) is 25.9 Å². The van der Waals surface area contributed by atoms with Gasteiger partial charge in [-0.2, -0.15) is 0 Å². The lowest BCUT2D eigenvalue weighted by Crippen LogP contribution is -2.35. The monoisotopic (exact) mass is 355 g/mol. The van der Waals surface area contributed by atoms with Gasteiger partial charge in [0.15, 0.2) is 0 Å². The molecule has 0 heterocycles. The highest BCUT2D eigenvalue weighted by Crippen LogP contribution is 2.07. The first-order valence-corrected chi connectivity index (χ1v) is 8.70. The van der Waals surface area contributed by atoms with Crippen molar-refractivity contribution in [1.82, 2.24) is 4.90 Å². The summed E-state index contributed by atoms with van der Waals surface area (Å²) in [5.74, 6) is -0.448. The van der Waals surface area contributed by atoms with Crippen LogP contribution >= 0.6 is 0 Å². The van der Waals surface area contributed by atoms with Crippen LogP contribution in [0, 0.1) is 0 Å². The molecule has 138 valence electrons. The van der Waals surface area contributed by atoms with E-state index in [2.05, 4.69) is 0 Å². The van der Waals surface area contributed by atoms with Gasteiger partial charge >= 0.3 is 12.1 Å². The summed E-state index contributed by atoms with van der Waals surface area (Å²) in [7, 11) is 1.52. The third-order valence-electron chi connectivity index (χ3n) is 3.84. The van der Waals surface area contributed by atoms with E-state index in [9.17, 15) is 9.59 Å². The van der Waals surface area contributed by atoms with Gasteiger partial charge in [0, 0.05) is 19.9 Å². The van der Waals surface area contributed by atoms with Crippen molar-refractivity contribution in [3.63, 3.8) is 0 Å². The van der Waals surface area contributed by atoms with Crippen LogP contribution in [0.5, 0.6) is 0 Å². The normalized spacial score (nSPS) is 11.5. The molecular formula is C21H25NO4. The van der Waals surface area contributed by atoms with Crippen LogP contribution in [0.15, 0.2) is 60.7 Å². The second-order valence-electron chi connectivity index (χ2n) is 6.20. The Labute approximate surface area is 154 Å². The SMILES string of the molecule is CC(Cc1ccccc1)OC(=O)N(C)CC(=O)OCCc1ccccc1. The van der Waals surface area contributed by atoms with Crippen LogP contribution in [-0.2, 0) is 27.1 Å². The summed E-state index contributed by atoms with van der Waals surface area (Å²) in [5, 5.41) is 0. The Hall–Kier alpha value is -2.82. The van der Waals surface area contributed by atoms with Crippen LogP contribution in [-0.4, -0.2) is 43.3 Å². The third-order valence-corrected chi connectivity index (χ3v) is 3.84. The Bertz CT molecular complexity index is 688. The number of carbonyl (C=O) groups is 2. The number of rotatable bonds is 8. The molecule has 0 aliphatic carbocycles. The number of amides is 1. The number of benzene rings is 2. The Balaban J connectivity index is 1.67. The molecule has 0 N–H and O–H groups in total. The van der Waals surface area contributed by atoms with Crippen molar-refractivity contribution < 1.29 is 19.1 Å². The van der Waals surface area contributed by atoms with Crippen LogP contribution in [0.25, 0.3) is 0 Å². The zero-order chi connectivity index (χ0) is 18.8. The van der Waals surface area contributed by atoms with E-state index in [1.807, 2.05) is 67.6 Å². The number of likely N-dealkylation sites (N-methyl/N-ethyl adjacent to an activating group) is 1. The summed E-state index contributed by atoms with van der Waals surface area (Å²) in [6, 6.07) is 19.6.